The minimum absolute atomic E-state index is 0.167. The Bertz CT molecular complexity index is 828. The fraction of sp³-hybridized carbons (Fsp3) is 0.0625. The van der Waals surface area contributed by atoms with Gasteiger partial charge in [-0.25, -0.2) is 9.07 Å². The molecule has 0 bridgehead atoms. The number of carbonyl (C=O) groups excluding carboxylic acids is 1. The number of hydrogen-bond donors (Lipinski definition) is 1. The number of rotatable bonds is 3. The van der Waals surface area contributed by atoms with Crippen molar-refractivity contribution in [1.29, 1.82) is 0 Å². The summed E-state index contributed by atoms with van der Waals surface area (Å²) < 4.78 is 14.8. The van der Waals surface area contributed by atoms with E-state index in [0.29, 0.717) is 5.69 Å². The van der Waals surface area contributed by atoms with Crippen LogP contribution in [0.5, 0.6) is 0 Å². The molecule has 0 radical (unpaired) electrons. The summed E-state index contributed by atoms with van der Waals surface area (Å²) in [6, 6.07) is 10.3. The van der Waals surface area contributed by atoms with E-state index < -0.39 is 11.7 Å². The average molecular weight is 296 g/mol. The molecule has 0 aliphatic heterocycles. The van der Waals surface area contributed by atoms with E-state index in [0.717, 1.165) is 23.6 Å². The number of halogens is 1. The van der Waals surface area contributed by atoms with Crippen LogP contribution < -0.4 is 5.32 Å². The lowest BCUT2D eigenvalue weighted by atomic mass is 10.2. The second-order valence-corrected chi connectivity index (χ2v) is 4.80. The maximum atomic E-state index is 13.1. The largest absolute Gasteiger partial charge is 0.322 e. The van der Waals surface area contributed by atoms with Crippen LogP contribution in [-0.2, 0) is 0 Å². The number of aromatic nitrogens is 3. The van der Waals surface area contributed by atoms with Crippen LogP contribution in [0.3, 0.4) is 0 Å². The molecule has 5 nitrogen and oxygen atoms in total. The Labute approximate surface area is 126 Å². The minimum Gasteiger partial charge on any atom is -0.322 e. The van der Waals surface area contributed by atoms with Crippen LogP contribution in [0.1, 0.15) is 16.1 Å². The van der Waals surface area contributed by atoms with Crippen LogP contribution in [0.25, 0.3) is 5.69 Å². The SMILES string of the molecule is Cc1ccn(-c2cccc(NC(=O)c3cncc(F)c3)c2)n1. The molecule has 0 unspecified atom stereocenters. The van der Waals surface area contributed by atoms with Crippen LogP contribution in [0, 0.1) is 12.7 Å². The van der Waals surface area contributed by atoms with Crippen LogP contribution in [0.2, 0.25) is 0 Å². The predicted molar refractivity (Wildman–Crippen MR) is 80.4 cm³/mol. The lowest BCUT2D eigenvalue weighted by molar-refractivity contribution is 0.102. The Morgan fingerprint density at radius 3 is 2.82 bits per heavy atom. The molecule has 0 spiro atoms. The average Bonchev–Trinajstić information content (AvgIpc) is 2.94. The van der Waals surface area contributed by atoms with E-state index in [4.69, 9.17) is 0 Å². The van der Waals surface area contributed by atoms with Crippen molar-refractivity contribution in [3.8, 4) is 5.69 Å². The first-order chi connectivity index (χ1) is 10.6. The number of nitrogens with zero attached hydrogens (tertiary/aromatic N) is 3. The summed E-state index contributed by atoms with van der Waals surface area (Å²) in [6.07, 6.45) is 4.21. The van der Waals surface area contributed by atoms with Crippen molar-refractivity contribution in [3.05, 3.63) is 72.1 Å². The zero-order valence-corrected chi connectivity index (χ0v) is 11.8. The quantitative estimate of drug-likeness (QED) is 0.808. The lowest BCUT2D eigenvalue weighted by Gasteiger charge is -2.07. The van der Waals surface area contributed by atoms with E-state index in [1.54, 1.807) is 16.8 Å². The zero-order chi connectivity index (χ0) is 15.5. The number of hydrogen-bond acceptors (Lipinski definition) is 3. The van der Waals surface area contributed by atoms with Crippen molar-refractivity contribution in [2.45, 2.75) is 6.92 Å². The first kappa shape index (κ1) is 13.9. The summed E-state index contributed by atoms with van der Waals surface area (Å²) >= 11 is 0. The van der Waals surface area contributed by atoms with Gasteiger partial charge in [0, 0.05) is 18.1 Å². The Morgan fingerprint density at radius 1 is 1.23 bits per heavy atom. The van der Waals surface area contributed by atoms with E-state index >= 15 is 0 Å². The fourth-order valence-electron chi connectivity index (χ4n) is 2.02. The van der Waals surface area contributed by atoms with Crippen LogP contribution >= 0.6 is 0 Å². The molecule has 110 valence electrons. The summed E-state index contributed by atoms with van der Waals surface area (Å²) in [5.41, 5.74) is 2.49. The van der Waals surface area contributed by atoms with Gasteiger partial charge in [-0.2, -0.15) is 5.10 Å². The van der Waals surface area contributed by atoms with E-state index in [2.05, 4.69) is 15.4 Å². The molecular formula is C16H13FN4O. The topological polar surface area (TPSA) is 59.8 Å². The number of nitrogens with one attached hydrogen (secondary N) is 1. The van der Waals surface area contributed by atoms with E-state index in [1.807, 2.05) is 31.3 Å². The number of aryl methyl sites for hydroxylation is 1. The van der Waals surface area contributed by atoms with Crippen molar-refractivity contribution in [2.24, 2.45) is 0 Å². The van der Waals surface area contributed by atoms with Crippen LogP contribution in [-0.4, -0.2) is 20.7 Å². The molecule has 0 aliphatic rings. The fourth-order valence-corrected chi connectivity index (χ4v) is 2.02. The third kappa shape index (κ3) is 3.01. The van der Waals surface area contributed by atoms with Gasteiger partial charge in [0.15, 0.2) is 0 Å². The van der Waals surface area contributed by atoms with Crippen molar-refractivity contribution in [2.75, 3.05) is 5.32 Å². The van der Waals surface area contributed by atoms with Gasteiger partial charge in [0.1, 0.15) is 5.82 Å². The van der Waals surface area contributed by atoms with Gasteiger partial charge in [0.2, 0.25) is 0 Å². The second kappa shape index (κ2) is 5.77. The first-order valence-electron chi connectivity index (χ1n) is 6.66. The minimum atomic E-state index is -0.548. The normalized spacial score (nSPS) is 10.5. The first-order valence-corrected chi connectivity index (χ1v) is 6.66. The van der Waals surface area contributed by atoms with Crippen molar-refractivity contribution in [1.82, 2.24) is 14.8 Å². The maximum absolute atomic E-state index is 13.1. The number of carbonyl (C=O) groups is 1. The third-order valence-electron chi connectivity index (χ3n) is 3.06. The molecule has 2 heterocycles. The maximum Gasteiger partial charge on any atom is 0.257 e. The van der Waals surface area contributed by atoms with Gasteiger partial charge in [-0.05, 0) is 37.3 Å². The van der Waals surface area contributed by atoms with Gasteiger partial charge in [-0.3, -0.25) is 9.78 Å². The number of pyridine rings is 1. The molecule has 6 heteroatoms. The summed E-state index contributed by atoms with van der Waals surface area (Å²) in [7, 11) is 0. The molecule has 3 rings (SSSR count). The number of amides is 1. The Hall–Kier alpha value is -3.02. The van der Waals surface area contributed by atoms with Crippen molar-refractivity contribution in [3.63, 3.8) is 0 Å². The van der Waals surface area contributed by atoms with E-state index in [9.17, 15) is 9.18 Å². The highest BCUT2D eigenvalue weighted by Crippen LogP contribution is 2.15. The lowest BCUT2D eigenvalue weighted by Crippen LogP contribution is -2.12. The molecule has 1 aromatic carbocycles. The smallest absolute Gasteiger partial charge is 0.257 e. The van der Waals surface area contributed by atoms with Crippen LogP contribution in [0.15, 0.2) is 55.0 Å². The molecule has 0 aliphatic carbocycles. The summed E-state index contributed by atoms with van der Waals surface area (Å²) in [5, 5.41) is 7.03. The Balaban J connectivity index is 1.82. The van der Waals surface area contributed by atoms with Gasteiger partial charge in [0.25, 0.3) is 5.91 Å². The molecule has 2 aromatic heterocycles. The molecule has 1 N–H and O–H groups in total. The van der Waals surface area contributed by atoms with Crippen LogP contribution in [0.4, 0.5) is 10.1 Å². The molecule has 0 saturated heterocycles. The third-order valence-corrected chi connectivity index (χ3v) is 3.06. The van der Waals surface area contributed by atoms with Gasteiger partial charge in [-0.15, -0.1) is 0 Å². The Morgan fingerprint density at radius 2 is 2.09 bits per heavy atom. The monoisotopic (exact) mass is 296 g/mol. The Kier molecular flexibility index (Phi) is 3.65. The van der Waals surface area contributed by atoms with Gasteiger partial charge in [0.05, 0.1) is 23.1 Å². The molecule has 22 heavy (non-hydrogen) atoms. The zero-order valence-electron chi connectivity index (χ0n) is 11.8. The molecule has 3 aromatic rings. The van der Waals surface area contributed by atoms with Crippen molar-refractivity contribution < 1.29 is 9.18 Å². The van der Waals surface area contributed by atoms with Gasteiger partial charge in [-0.1, -0.05) is 6.07 Å². The second-order valence-electron chi connectivity index (χ2n) is 4.80. The highest BCUT2D eigenvalue weighted by molar-refractivity contribution is 6.04. The predicted octanol–water partition coefficient (Wildman–Crippen LogP) is 2.97. The van der Waals surface area contributed by atoms with Gasteiger partial charge >= 0.3 is 0 Å². The number of anilines is 1. The summed E-state index contributed by atoms with van der Waals surface area (Å²) in [6.45, 7) is 1.90. The van der Waals surface area contributed by atoms with E-state index in [-0.39, 0.29) is 5.56 Å². The molecule has 1 amide bonds. The highest BCUT2D eigenvalue weighted by Gasteiger charge is 2.08. The molecule has 0 fully saturated rings. The molecule has 0 atom stereocenters. The van der Waals surface area contributed by atoms with E-state index in [1.165, 1.54) is 6.20 Å². The molecular weight excluding hydrogens is 283 g/mol. The number of benzene rings is 1. The highest BCUT2D eigenvalue weighted by atomic mass is 19.1. The molecule has 0 saturated carbocycles. The standard InChI is InChI=1S/C16H13FN4O/c1-11-5-6-21(20-11)15-4-2-3-14(8-15)19-16(22)12-7-13(17)10-18-9-12/h2-10H,1H3,(H,19,22). The summed E-state index contributed by atoms with van der Waals surface area (Å²) in [5.74, 6) is -0.964. The van der Waals surface area contributed by atoms with Crippen molar-refractivity contribution >= 4 is 11.6 Å². The summed E-state index contributed by atoms with van der Waals surface area (Å²) in [4.78, 5) is 15.7. The van der Waals surface area contributed by atoms with Gasteiger partial charge < -0.3 is 5.32 Å².